The van der Waals surface area contributed by atoms with Gasteiger partial charge in [-0.3, -0.25) is 0 Å². The number of likely N-dealkylation sites (N-methyl/N-ethyl adjacent to an activating group) is 1. The Morgan fingerprint density at radius 1 is 1.35 bits per heavy atom. The number of ether oxygens (including phenoxy) is 1. The van der Waals surface area contributed by atoms with Gasteiger partial charge in [0.2, 0.25) is 0 Å². The topological polar surface area (TPSA) is 28.3 Å². The lowest BCUT2D eigenvalue weighted by molar-refractivity contribution is 0.360. The minimum absolute atomic E-state index is 0.826. The van der Waals surface area contributed by atoms with Crippen molar-refractivity contribution in [2.45, 2.75) is 12.8 Å². The Labute approximate surface area is 101 Å². The summed E-state index contributed by atoms with van der Waals surface area (Å²) in [5.41, 5.74) is 3.91. The van der Waals surface area contributed by atoms with E-state index in [2.05, 4.69) is 42.3 Å². The molecule has 3 heteroatoms. The Bertz CT molecular complexity index is 542. The van der Waals surface area contributed by atoms with Gasteiger partial charge in [-0.2, -0.15) is 0 Å². The summed E-state index contributed by atoms with van der Waals surface area (Å²) in [4.78, 5) is 5.55. The molecule has 2 heterocycles. The van der Waals surface area contributed by atoms with Crippen molar-refractivity contribution < 1.29 is 4.74 Å². The van der Waals surface area contributed by atoms with Gasteiger partial charge in [-0.25, -0.2) is 0 Å². The first kappa shape index (κ1) is 10.7. The van der Waals surface area contributed by atoms with Crippen molar-refractivity contribution in [3.05, 3.63) is 29.5 Å². The first-order valence-corrected chi connectivity index (χ1v) is 6.15. The van der Waals surface area contributed by atoms with Crippen molar-refractivity contribution in [2.24, 2.45) is 0 Å². The molecule has 0 spiro atoms. The third kappa shape index (κ3) is 1.80. The normalized spacial score (nSPS) is 14.3. The Kier molecular flexibility index (Phi) is 2.56. The molecule has 90 valence electrons. The molecule has 1 aliphatic rings. The molecule has 3 rings (SSSR count). The van der Waals surface area contributed by atoms with Crippen molar-refractivity contribution >= 4 is 10.9 Å². The van der Waals surface area contributed by atoms with Crippen LogP contribution in [0.4, 0.5) is 0 Å². The third-order valence-corrected chi connectivity index (χ3v) is 3.41. The highest BCUT2D eigenvalue weighted by Crippen LogP contribution is 2.36. The molecule has 0 bridgehead atoms. The molecule has 1 aromatic carbocycles. The van der Waals surface area contributed by atoms with Crippen LogP contribution >= 0.6 is 0 Å². The molecule has 0 unspecified atom stereocenters. The van der Waals surface area contributed by atoms with Crippen molar-refractivity contribution in [1.82, 2.24) is 9.88 Å². The number of aromatic amines is 1. The molecule has 0 radical (unpaired) electrons. The Hall–Kier alpha value is -1.48. The predicted octanol–water partition coefficient (Wildman–Crippen LogP) is 2.21. The van der Waals surface area contributed by atoms with Gasteiger partial charge in [0.05, 0.1) is 6.61 Å². The molecule has 1 aromatic heterocycles. The first-order chi connectivity index (χ1) is 8.25. The molecular weight excluding hydrogens is 212 g/mol. The molecule has 0 aliphatic carbocycles. The molecule has 0 fully saturated rings. The van der Waals surface area contributed by atoms with Gasteiger partial charge in [-0.05, 0) is 37.7 Å². The molecule has 0 amide bonds. The van der Waals surface area contributed by atoms with Crippen molar-refractivity contribution in [3.63, 3.8) is 0 Å². The van der Waals surface area contributed by atoms with E-state index in [0.29, 0.717) is 0 Å². The van der Waals surface area contributed by atoms with Crippen LogP contribution in [0.15, 0.2) is 18.3 Å². The molecular formula is C14H18N2O. The van der Waals surface area contributed by atoms with E-state index in [1.807, 2.05) is 0 Å². The fourth-order valence-electron chi connectivity index (χ4n) is 2.47. The summed E-state index contributed by atoms with van der Waals surface area (Å²) >= 11 is 0. The first-order valence-electron chi connectivity index (χ1n) is 6.15. The molecule has 0 saturated carbocycles. The molecule has 1 aliphatic heterocycles. The summed E-state index contributed by atoms with van der Waals surface area (Å²) in [6.45, 7) is 1.89. The van der Waals surface area contributed by atoms with Crippen molar-refractivity contribution in [2.75, 3.05) is 27.2 Å². The van der Waals surface area contributed by atoms with Crippen LogP contribution < -0.4 is 4.74 Å². The number of rotatable bonds is 3. The molecule has 2 aromatic rings. The van der Waals surface area contributed by atoms with Gasteiger partial charge in [-0.15, -0.1) is 0 Å². The maximum absolute atomic E-state index is 5.78. The third-order valence-electron chi connectivity index (χ3n) is 3.41. The number of hydrogen-bond donors (Lipinski definition) is 1. The van der Waals surface area contributed by atoms with E-state index in [1.54, 1.807) is 0 Å². The van der Waals surface area contributed by atoms with Gasteiger partial charge >= 0.3 is 0 Å². The lowest BCUT2D eigenvalue weighted by atomic mass is 10.1. The summed E-state index contributed by atoms with van der Waals surface area (Å²) in [5, 5.41) is 1.29. The smallest absolute Gasteiger partial charge is 0.132 e. The van der Waals surface area contributed by atoms with Gasteiger partial charge in [0.25, 0.3) is 0 Å². The predicted molar refractivity (Wildman–Crippen MR) is 69.8 cm³/mol. The van der Waals surface area contributed by atoms with E-state index in [4.69, 9.17) is 4.74 Å². The van der Waals surface area contributed by atoms with E-state index in [1.165, 1.54) is 22.0 Å². The maximum atomic E-state index is 5.78. The minimum atomic E-state index is 0.826. The van der Waals surface area contributed by atoms with Crippen LogP contribution in [-0.4, -0.2) is 37.1 Å². The largest absolute Gasteiger partial charge is 0.492 e. The monoisotopic (exact) mass is 230 g/mol. The second-order valence-corrected chi connectivity index (χ2v) is 4.94. The Balaban J connectivity index is 2.04. The van der Waals surface area contributed by atoms with Crippen molar-refractivity contribution in [3.8, 4) is 5.75 Å². The highest BCUT2D eigenvalue weighted by atomic mass is 16.5. The van der Waals surface area contributed by atoms with E-state index in [9.17, 15) is 0 Å². The van der Waals surface area contributed by atoms with Crippen LogP contribution in [0.3, 0.4) is 0 Å². The molecule has 17 heavy (non-hydrogen) atoms. The molecule has 3 nitrogen and oxygen atoms in total. The average molecular weight is 230 g/mol. The van der Waals surface area contributed by atoms with E-state index < -0.39 is 0 Å². The molecule has 1 N–H and O–H groups in total. The summed E-state index contributed by atoms with van der Waals surface area (Å²) < 4.78 is 5.78. The molecule has 0 saturated heterocycles. The number of nitrogens with zero attached hydrogens (tertiary/aromatic N) is 1. The summed E-state index contributed by atoms with van der Waals surface area (Å²) in [7, 11) is 4.21. The Morgan fingerprint density at radius 2 is 2.24 bits per heavy atom. The van der Waals surface area contributed by atoms with Crippen molar-refractivity contribution in [1.29, 1.82) is 0 Å². The zero-order valence-electron chi connectivity index (χ0n) is 10.4. The van der Waals surface area contributed by atoms with E-state index in [0.717, 1.165) is 31.7 Å². The zero-order chi connectivity index (χ0) is 11.8. The lowest BCUT2D eigenvalue weighted by Gasteiger charge is -2.09. The highest BCUT2D eigenvalue weighted by molar-refractivity contribution is 5.91. The average Bonchev–Trinajstić information content (AvgIpc) is 2.91. The zero-order valence-corrected chi connectivity index (χ0v) is 10.4. The number of H-pyrrole nitrogens is 1. The lowest BCUT2D eigenvalue weighted by Crippen LogP contribution is -2.14. The number of aromatic nitrogens is 1. The number of fused-ring (bicyclic) bond motifs is 3. The van der Waals surface area contributed by atoms with Gasteiger partial charge in [-0.1, -0.05) is 6.07 Å². The van der Waals surface area contributed by atoms with Crippen LogP contribution in [0.5, 0.6) is 5.75 Å². The van der Waals surface area contributed by atoms with Gasteiger partial charge in [0.15, 0.2) is 0 Å². The van der Waals surface area contributed by atoms with Crippen LogP contribution in [-0.2, 0) is 12.8 Å². The molecule has 0 atom stereocenters. The van der Waals surface area contributed by atoms with Crippen LogP contribution in [0.25, 0.3) is 10.9 Å². The SMILES string of the molecule is CN(C)CCc1c[nH]c2ccc3c(c12)OCC3. The number of benzene rings is 1. The standard InChI is InChI=1S/C14H18N2O/c1-16(2)7-5-11-9-15-12-4-3-10-6-8-17-14(10)13(11)12/h3-4,9,15H,5-8H2,1-2H3. The van der Waals surface area contributed by atoms with Gasteiger partial charge in [0.1, 0.15) is 5.75 Å². The summed E-state index contributed by atoms with van der Waals surface area (Å²) in [6, 6.07) is 4.35. The van der Waals surface area contributed by atoms with Crippen LogP contribution in [0.2, 0.25) is 0 Å². The quantitative estimate of drug-likeness (QED) is 0.875. The summed E-state index contributed by atoms with van der Waals surface area (Å²) in [6.07, 6.45) is 4.23. The van der Waals surface area contributed by atoms with E-state index in [-0.39, 0.29) is 0 Å². The van der Waals surface area contributed by atoms with E-state index >= 15 is 0 Å². The fourth-order valence-corrected chi connectivity index (χ4v) is 2.47. The van der Waals surface area contributed by atoms with Crippen LogP contribution in [0.1, 0.15) is 11.1 Å². The number of nitrogens with one attached hydrogen (secondary N) is 1. The summed E-state index contributed by atoms with van der Waals surface area (Å²) in [5.74, 6) is 1.11. The number of hydrogen-bond acceptors (Lipinski definition) is 2. The minimum Gasteiger partial charge on any atom is -0.492 e. The van der Waals surface area contributed by atoms with Gasteiger partial charge in [0, 0.05) is 30.1 Å². The Morgan fingerprint density at radius 3 is 3.06 bits per heavy atom. The fraction of sp³-hybridized carbons (Fsp3) is 0.429. The van der Waals surface area contributed by atoms with Crippen LogP contribution in [0, 0.1) is 0 Å². The highest BCUT2D eigenvalue weighted by Gasteiger charge is 2.18. The second-order valence-electron chi connectivity index (χ2n) is 4.94. The second kappa shape index (κ2) is 4.08. The van der Waals surface area contributed by atoms with Gasteiger partial charge < -0.3 is 14.6 Å². The maximum Gasteiger partial charge on any atom is 0.132 e.